The van der Waals surface area contributed by atoms with Gasteiger partial charge in [-0.15, -0.1) is 0 Å². The first-order valence-electron chi connectivity index (χ1n) is 8.90. The summed E-state index contributed by atoms with van der Waals surface area (Å²) in [6.07, 6.45) is 3.21. The zero-order valence-electron chi connectivity index (χ0n) is 15.1. The summed E-state index contributed by atoms with van der Waals surface area (Å²) in [5.74, 6) is 0.905. The third-order valence-electron chi connectivity index (χ3n) is 4.80. The number of imidazole rings is 1. The lowest BCUT2D eigenvalue weighted by atomic mass is 10.1. The number of aromatic nitrogens is 4. The SMILES string of the molecule is CC(=O)c1cccc(-c2nc(N)c3ncn(CCN4CCCC4=O)c3n2)c1. The fourth-order valence-electron chi connectivity index (χ4n) is 3.31. The van der Waals surface area contributed by atoms with Crippen LogP contribution in [-0.2, 0) is 11.3 Å². The number of anilines is 1. The molecule has 27 heavy (non-hydrogen) atoms. The van der Waals surface area contributed by atoms with Gasteiger partial charge in [-0.2, -0.15) is 0 Å². The molecule has 0 aliphatic carbocycles. The van der Waals surface area contributed by atoms with Crippen LogP contribution in [0.5, 0.6) is 0 Å². The van der Waals surface area contributed by atoms with Crippen LogP contribution in [0.1, 0.15) is 30.1 Å². The third-order valence-corrected chi connectivity index (χ3v) is 4.80. The summed E-state index contributed by atoms with van der Waals surface area (Å²) in [6.45, 7) is 3.52. The summed E-state index contributed by atoms with van der Waals surface area (Å²) in [7, 11) is 0. The van der Waals surface area contributed by atoms with Gasteiger partial charge in [0.1, 0.15) is 5.52 Å². The largest absolute Gasteiger partial charge is 0.382 e. The molecule has 3 heterocycles. The average molecular weight is 364 g/mol. The predicted octanol–water partition coefficient (Wildman–Crippen LogP) is 1.90. The Kier molecular flexibility index (Phi) is 4.31. The highest BCUT2D eigenvalue weighted by Gasteiger charge is 2.20. The second-order valence-corrected chi connectivity index (χ2v) is 6.66. The Morgan fingerprint density at radius 2 is 2.11 bits per heavy atom. The molecule has 1 amide bonds. The monoisotopic (exact) mass is 364 g/mol. The molecule has 4 rings (SSSR count). The van der Waals surface area contributed by atoms with Crippen LogP contribution in [0.2, 0.25) is 0 Å². The first-order valence-corrected chi connectivity index (χ1v) is 8.90. The number of hydrogen-bond acceptors (Lipinski definition) is 6. The molecule has 2 aromatic heterocycles. The van der Waals surface area contributed by atoms with Crippen molar-refractivity contribution in [2.75, 3.05) is 18.8 Å². The number of Topliss-reactive ketones (excluding diaryl/α,β-unsaturated/α-hetero) is 1. The zero-order valence-corrected chi connectivity index (χ0v) is 15.1. The second kappa shape index (κ2) is 6.79. The van der Waals surface area contributed by atoms with Crippen LogP contribution in [0.25, 0.3) is 22.6 Å². The number of nitrogen functional groups attached to an aromatic ring is 1. The van der Waals surface area contributed by atoms with E-state index in [1.807, 2.05) is 15.5 Å². The third kappa shape index (κ3) is 3.25. The van der Waals surface area contributed by atoms with E-state index in [-0.39, 0.29) is 11.7 Å². The lowest BCUT2D eigenvalue weighted by Gasteiger charge is -2.15. The molecule has 1 saturated heterocycles. The van der Waals surface area contributed by atoms with Crippen molar-refractivity contribution in [3.8, 4) is 11.4 Å². The first-order chi connectivity index (χ1) is 13.0. The molecule has 1 aromatic carbocycles. The van der Waals surface area contributed by atoms with E-state index in [1.54, 1.807) is 24.5 Å². The number of amides is 1. The lowest BCUT2D eigenvalue weighted by Crippen LogP contribution is -2.28. The molecule has 0 radical (unpaired) electrons. The van der Waals surface area contributed by atoms with Crippen molar-refractivity contribution in [1.82, 2.24) is 24.4 Å². The number of carbonyl (C=O) groups excluding carboxylic acids is 2. The van der Waals surface area contributed by atoms with Crippen LogP contribution in [0.15, 0.2) is 30.6 Å². The van der Waals surface area contributed by atoms with Gasteiger partial charge in [0.05, 0.1) is 6.33 Å². The maximum atomic E-state index is 11.8. The highest BCUT2D eigenvalue weighted by Crippen LogP contribution is 2.23. The van der Waals surface area contributed by atoms with Crippen LogP contribution in [0.4, 0.5) is 5.82 Å². The molecule has 1 aliphatic heterocycles. The Bertz CT molecular complexity index is 1040. The van der Waals surface area contributed by atoms with E-state index in [2.05, 4.69) is 15.0 Å². The minimum atomic E-state index is -0.0220. The lowest BCUT2D eigenvalue weighted by molar-refractivity contribution is -0.127. The van der Waals surface area contributed by atoms with Crippen molar-refractivity contribution in [3.63, 3.8) is 0 Å². The number of carbonyl (C=O) groups is 2. The molecular weight excluding hydrogens is 344 g/mol. The Balaban J connectivity index is 1.68. The average Bonchev–Trinajstić information content (AvgIpc) is 3.26. The Morgan fingerprint density at radius 1 is 1.26 bits per heavy atom. The molecule has 8 heteroatoms. The number of hydrogen-bond donors (Lipinski definition) is 1. The Morgan fingerprint density at radius 3 is 2.85 bits per heavy atom. The molecule has 0 bridgehead atoms. The number of likely N-dealkylation sites (tertiary alicyclic amines) is 1. The maximum absolute atomic E-state index is 11.8. The molecule has 0 unspecified atom stereocenters. The maximum Gasteiger partial charge on any atom is 0.222 e. The minimum Gasteiger partial charge on any atom is -0.382 e. The molecule has 0 atom stereocenters. The van der Waals surface area contributed by atoms with Gasteiger partial charge in [-0.1, -0.05) is 18.2 Å². The normalized spacial score (nSPS) is 14.3. The van der Waals surface area contributed by atoms with E-state index in [0.717, 1.165) is 18.5 Å². The molecule has 1 fully saturated rings. The molecule has 3 aromatic rings. The standard InChI is InChI=1S/C19H20N6O2/c1-12(26)13-4-2-5-14(10-13)18-22-17(20)16-19(23-18)25(11-21-16)9-8-24-7-3-6-15(24)27/h2,4-5,10-11H,3,6-9H2,1H3,(H2,20,22,23). The van der Waals surface area contributed by atoms with E-state index >= 15 is 0 Å². The van der Waals surface area contributed by atoms with Gasteiger partial charge in [-0.25, -0.2) is 15.0 Å². The van der Waals surface area contributed by atoms with Crippen LogP contribution in [0.3, 0.4) is 0 Å². The van der Waals surface area contributed by atoms with Crippen molar-refractivity contribution >= 4 is 28.7 Å². The summed E-state index contributed by atoms with van der Waals surface area (Å²) in [4.78, 5) is 38.6. The molecule has 0 spiro atoms. The van der Waals surface area contributed by atoms with Gasteiger partial charge in [0, 0.05) is 37.2 Å². The van der Waals surface area contributed by atoms with E-state index in [1.165, 1.54) is 6.92 Å². The van der Waals surface area contributed by atoms with Gasteiger partial charge in [0.2, 0.25) is 5.91 Å². The summed E-state index contributed by atoms with van der Waals surface area (Å²) >= 11 is 0. The molecule has 1 aliphatic rings. The second-order valence-electron chi connectivity index (χ2n) is 6.66. The predicted molar refractivity (Wildman–Crippen MR) is 101 cm³/mol. The minimum absolute atomic E-state index is 0.0220. The zero-order chi connectivity index (χ0) is 19.0. The number of fused-ring (bicyclic) bond motifs is 1. The summed E-state index contributed by atoms with van der Waals surface area (Å²) in [5, 5.41) is 0. The van der Waals surface area contributed by atoms with E-state index in [0.29, 0.717) is 47.9 Å². The molecule has 138 valence electrons. The molecular formula is C19H20N6O2. The number of rotatable bonds is 5. The summed E-state index contributed by atoms with van der Waals surface area (Å²) in [5.41, 5.74) is 8.56. The molecule has 2 N–H and O–H groups in total. The molecule has 8 nitrogen and oxygen atoms in total. The van der Waals surface area contributed by atoms with Gasteiger partial charge >= 0.3 is 0 Å². The van der Waals surface area contributed by atoms with Crippen molar-refractivity contribution in [1.29, 1.82) is 0 Å². The smallest absolute Gasteiger partial charge is 0.222 e. The van der Waals surface area contributed by atoms with Crippen molar-refractivity contribution in [3.05, 3.63) is 36.2 Å². The van der Waals surface area contributed by atoms with Crippen molar-refractivity contribution in [2.45, 2.75) is 26.3 Å². The fourth-order valence-corrected chi connectivity index (χ4v) is 3.31. The number of nitrogens with zero attached hydrogens (tertiary/aromatic N) is 5. The number of ketones is 1. The van der Waals surface area contributed by atoms with Crippen molar-refractivity contribution < 1.29 is 9.59 Å². The highest BCUT2D eigenvalue weighted by atomic mass is 16.2. The van der Waals surface area contributed by atoms with E-state index in [4.69, 9.17) is 5.73 Å². The quantitative estimate of drug-likeness (QED) is 0.693. The first kappa shape index (κ1) is 17.1. The Hall–Kier alpha value is -3.29. The van der Waals surface area contributed by atoms with Gasteiger partial charge in [0.25, 0.3) is 0 Å². The van der Waals surface area contributed by atoms with Gasteiger partial charge in [-0.3, -0.25) is 9.59 Å². The fraction of sp³-hybridized carbons (Fsp3) is 0.316. The number of benzene rings is 1. The van der Waals surface area contributed by atoms with Crippen LogP contribution >= 0.6 is 0 Å². The summed E-state index contributed by atoms with van der Waals surface area (Å²) < 4.78 is 1.89. The van der Waals surface area contributed by atoms with Crippen LogP contribution < -0.4 is 5.73 Å². The number of nitrogens with two attached hydrogens (primary N) is 1. The van der Waals surface area contributed by atoms with Gasteiger partial charge in [0.15, 0.2) is 23.1 Å². The highest BCUT2D eigenvalue weighted by molar-refractivity contribution is 5.95. The van der Waals surface area contributed by atoms with Crippen LogP contribution in [-0.4, -0.2) is 49.2 Å². The van der Waals surface area contributed by atoms with Gasteiger partial charge in [-0.05, 0) is 19.4 Å². The molecule has 0 saturated carbocycles. The summed E-state index contributed by atoms with van der Waals surface area (Å²) in [6, 6.07) is 7.15. The van der Waals surface area contributed by atoms with Crippen LogP contribution in [0, 0.1) is 0 Å². The van der Waals surface area contributed by atoms with Gasteiger partial charge < -0.3 is 15.2 Å². The van der Waals surface area contributed by atoms with Crippen molar-refractivity contribution in [2.24, 2.45) is 0 Å². The topological polar surface area (TPSA) is 107 Å². The van der Waals surface area contributed by atoms with E-state index < -0.39 is 0 Å². The van der Waals surface area contributed by atoms with E-state index in [9.17, 15) is 9.59 Å². The Labute approximate surface area is 156 Å².